The first-order chi connectivity index (χ1) is 6.41. The van der Waals surface area contributed by atoms with Gasteiger partial charge >= 0.3 is 0 Å². The van der Waals surface area contributed by atoms with Gasteiger partial charge in [-0.1, -0.05) is 24.3 Å². The molecule has 1 aromatic rings. The van der Waals surface area contributed by atoms with Gasteiger partial charge in [0.05, 0.1) is 6.42 Å². The van der Waals surface area contributed by atoms with Crippen LogP contribution in [0.1, 0.15) is 18.1 Å². The minimum atomic E-state index is -2.94. The van der Waals surface area contributed by atoms with Crippen molar-refractivity contribution in [2.75, 3.05) is 0 Å². The molecule has 2 nitrogen and oxygen atoms in total. The number of halogens is 2. The molecule has 0 fully saturated rings. The van der Waals surface area contributed by atoms with Crippen LogP contribution in [-0.2, 0) is 17.1 Å². The maximum absolute atomic E-state index is 13.0. The second-order valence-corrected chi connectivity index (χ2v) is 3.19. The van der Waals surface area contributed by atoms with Crippen molar-refractivity contribution in [3.8, 4) is 0 Å². The van der Waals surface area contributed by atoms with E-state index in [1.165, 1.54) is 18.2 Å². The van der Waals surface area contributed by atoms with Crippen LogP contribution in [0.15, 0.2) is 24.3 Å². The Labute approximate surface area is 80.7 Å². The summed E-state index contributed by atoms with van der Waals surface area (Å²) in [4.78, 5) is 10.6. The van der Waals surface area contributed by atoms with Gasteiger partial charge in [-0.15, -0.1) is 0 Å². The van der Waals surface area contributed by atoms with Gasteiger partial charge in [-0.25, -0.2) is 8.78 Å². The van der Waals surface area contributed by atoms with E-state index in [2.05, 4.69) is 0 Å². The van der Waals surface area contributed by atoms with Crippen LogP contribution < -0.4 is 5.73 Å². The molecule has 0 aromatic heterocycles. The third-order valence-electron chi connectivity index (χ3n) is 1.85. The lowest BCUT2D eigenvalue weighted by Crippen LogP contribution is -2.18. The van der Waals surface area contributed by atoms with Crippen molar-refractivity contribution in [3.05, 3.63) is 35.4 Å². The van der Waals surface area contributed by atoms with E-state index in [0.29, 0.717) is 0 Å². The van der Waals surface area contributed by atoms with E-state index in [9.17, 15) is 13.6 Å². The van der Waals surface area contributed by atoms with E-state index in [0.717, 1.165) is 6.92 Å². The summed E-state index contributed by atoms with van der Waals surface area (Å²) in [6, 6.07) is 5.90. The molecule has 1 amide bonds. The highest BCUT2D eigenvalue weighted by Crippen LogP contribution is 2.29. The van der Waals surface area contributed by atoms with Crippen LogP contribution >= 0.6 is 0 Å². The Morgan fingerprint density at radius 3 is 2.50 bits per heavy atom. The molecule has 0 saturated heterocycles. The highest BCUT2D eigenvalue weighted by Gasteiger charge is 2.27. The standard InChI is InChI=1S/C10H11F2NO/c1-10(11,12)8-5-3-2-4-7(8)6-9(13)14/h2-5H,6H2,1H3,(H2,13,14). The van der Waals surface area contributed by atoms with E-state index < -0.39 is 11.8 Å². The fourth-order valence-electron chi connectivity index (χ4n) is 1.29. The molecule has 0 unspecified atom stereocenters. The number of benzene rings is 1. The minimum absolute atomic E-state index is 0.140. The highest BCUT2D eigenvalue weighted by atomic mass is 19.3. The Kier molecular flexibility index (Phi) is 2.84. The third-order valence-corrected chi connectivity index (χ3v) is 1.85. The van der Waals surface area contributed by atoms with Crippen LogP contribution in [0, 0.1) is 0 Å². The van der Waals surface area contributed by atoms with E-state index in [-0.39, 0.29) is 17.5 Å². The molecule has 0 spiro atoms. The Morgan fingerprint density at radius 1 is 1.43 bits per heavy atom. The molecule has 2 N–H and O–H groups in total. The van der Waals surface area contributed by atoms with Gasteiger partial charge in [-0.3, -0.25) is 4.79 Å². The zero-order chi connectivity index (χ0) is 10.8. The van der Waals surface area contributed by atoms with Crippen LogP contribution in [0.25, 0.3) is 0 Å². The molecule has 0 atom stereocenters. The lowest BCUT2D eigenvalue weighted by Gasteiger charge is -2.14. The molecule has 76 valence electrons. The zero-order valence-corrected chi connectivity index (χ0v) is 7.76. The summed E-state index contributed by atoms with van der Waals surface area (Å²) >= 11 is 0. The Bertz CT molecular complexity index is 344. The minimum Gasteiger partial charge on any atom is -0.369 e. The first-order valence-electron chi connectivity index (χ1n) is 4.16. The number of carbonyl (C=O) groups excluding carboxylic acids is 1. The maximum atomic E-state index is 13.0. The zero-order valence-electron chi connectivity index (χ0n) is 7.76. The summed E-state index contributed by atoms with van der Waals surface area (Å²) in [5, 5.41) is 0. The summed E-state index contributed by atoms with van der Waals surface area (Å²) < 4.78 is 26.0. The summed E-state index contributed by atoms with van der Waals surface area (Å²) in [6.45, 7) is 0.798. The summed E-state index contributed by atoms with van der Waals surface area (Å²) in [6.07, 6.45) is -0.153. The normalized spacial score (nSPS) is 11.4. The number of alkyl halides is 2. The lowest BCUT2D eigenvalue weighted by molar-refractivity contribution is -0.117. The summed E-state index contributed by atoms with van der Waals surface area (Å²) in [7, 11) is 0. The summed E-state index contributed by atoms with van der Waals surface area (Å²) in [5.41, 5.74) is 5.10. The molecule has 1 rings (SSSR count). The predicted molar refractivity (Wildman–Crippen MR) is 48.9 cm³/mol. The SMILES string of the molecule is CC(F)(F)c1ccccc1CC(N)=O. The molecule has 0 aliphatic carbocycles. The second kappa shape index (κ2) is 3.74. The fraction of sp³-hybridized carbons (Fsp3) is 0.300. The topological polar surface area (TPSA) is 43.1 Å². The van der Waals surface area contributed by atoms with Crippen molar-refractivity contribution >= 4 is 5.91 Å². The summed E-state index contributed by atoms with van der Waals surface area (Å²) in [5.74, 6) is -3.55. The highest BCUT2D eigenvalue weighted by molar-refractivity contribution is 5.77. The Balaban J connectivity index is 3.10. The van der Waals surface area contributed by atoms with Gasteiger partial charge in [0, 0.05) is 12.5 Å². The number of primary amides is 1. The first kappa shape index (κ1) is 10.6. The van der Waals surface area contributed by atoms with Gasteiger partial charge < -0.3 is 5.73 Å². The molecule has 1 aromatic carbocycles. The maximum Gasteiger partial charge on any atom is 0.270 e. The van der Waals surface area contributed by atoms with Crippen LogP contribution in [0.3, 0.4) is 0 Å². The molecule has 0 radical (unpaired) electrons. The van der Waals surface area contributed by atoms with Crippen LogP contribution in [0.4, 0.5) is 8.78 Å². The van der Waals surface area contributed by atoms with Gasteiger partial charge in [-0.05, 0) is 5.56 Å². The molecule has 0 saturated carbocycles. The monoisotopic (exact) mass is 199 g/mol. The Hall–Kier alpha value is -1.45. The predicted octanol–water partition coefficient (Wildman–Crippen LogP) is 1.83. The first-order valence-corrected chi connectivity index (χ1v) is 4.16. The average Bonchev–Trinajstić information content (AvgIpc) is 2.01. The van der Waals surface area contributed by atoms with E-state index >= 15 is 0 Å². The van der Waals surface area contributed by atoms with Gasteiger partial charge in [0.2, 0.25) is 5.91 Å². The van der Waals surface area contributed by atoms with E-state index in [1.54, 1.807) is 6.07 Å². The molecular weight excluding hydrogens is 188 g/mol. The number of rotatable bonds is 3. The number of amides is 1. The van der Waals surface area contributed by atoms with Crippen LogP contribution in [-0.4, -0.2) is 5.91 Å². The van der Waals surface area contributed by atoms with E-state index in [4.69, 9.17) is 5.73 Å². The second-order valence-electron chi connectivity index (χ2n) is 3.19. The molecule has 4 heteroatoms. The van der Waals surface area contributed by atoms with E-state index in [1.807, 2.05) is 0 Å². The third kappa shape index (κ3) is 2.52. The van der Waals surface area contributed by atoms with Crippen LogP contribution in [0.2, 0.25) is 0 Å². The number of carbonyl (C=O) groups is 1. The van der Waals surface area contributed by atoms with Crippen LogP contribution in [0.5, 0.6) is 0 Å². The lowest BCUT2D eigenvalue weighted by atomic mass is 10.00. The fourth-order valence-corrected chi connectivity index (χ4v) is 1.29. The van der Waals surface area contributed by atoms with Gasteiger partial charge in [-0.2, -0.15) is 0 Å². The van der Waals surface area contributed by atoms with Crippen molar-refractivity contribution in [1.29, 1.82) is 0 Å². The van der Waals surface area contributed by atoms with Gasteiger partial charge in [0.25, 0.3) is 5.92 Å². The molecule has 0 aliphatic heterocycles. The van der Waals surface area contributed by atoms with Gasteiger partial charge in [0.15, 0.2) is 0 Å². The number of hydrogen-bond acceptors (Lipinski definition) is 1. The molecule has 14 heavy (non-hydrogen) atoms. The number of hydrogen-bond donors (Lipinski definition) is 1. The van der Waals surface area contributed by atoms with Crippen molar-refractivity contribution < 1.29 is 13.6 Å². The smallest absolute Gasteiger partial charge is 0.270 e. The molecule has 0 heterocycles. The largest absolute Gasteiger partial charge is 0.369 e. The number of nitrogens with two attached hydrogens (primary N) is 1. The average molecular weight is 199 g/mol. The van der Waals surface area contributed by atoms with Crippen molar-refractivity contribution in [2.45, 2.75) is 19.3 Å². The van der Waals surface area contributed by atoms with Crippen molar-refractivity contribution in [3.63, 3.8) is 0 Å². The Morgan fingerprint density at radius 2 is 2.00 bits per heavy atom. The molecule has 0 bridgehead atoms. The van der Waals surface area contributed by atoms with Crippen molar-refractivity contribution in [2.24, 2.45) is 5.73 Å². The van der Waals surface area contributed by atoms with Crippen molar-refractivity contribution in [1.82, 2.24) is 0 Å². The molecular formula is C10H11F2NO. The van der Waals surface area contributed by atoms with Gasteiger partial charge in [0.1, 0.15) is 0 Å². The molecule has 0 aliphatic rings. The quantitative estimate of drug-likeness (QED) is 0.792.